The highest BCUT2D eigenvalue weighted by molar-refractivity contribution is 9.10. The Kier molecular flexibility index (Phi) is 6.94. The minimum Gasteiger partial charge on any atom is -0.496 e. The van der Waals surface area contributed by atoms with Crippen molar-refractivity contribution in [2.45, 2.75) is 44.6 Å². The molecule has 1 N–H and O–H groups in total. The molecule has 0 aromatic heterocycles. The van der Waals surface area contributed by atoms with Crippen LogP contribution >= 0.6 is 15.9 Å². The van der Waals surface area contributed by atoms with Gasteiger partial charge in [0.05, 0.1) is 23.6 Å². The third-order valence-corrected chi connectivity index (χ3v) is 6.63. The van der Waals surface area contributed by atoms with Crippen LogP contribution in [-0.2, 0) is 10.0 Å². The second-order valence-corrected chi connectivity index (χ2v) is 9.31. The van der Waals surface area contributed by atoms with E-state index in [0.29, 0.717) is 10.2 Å². The second-order valence-electron chi connectivity index (χ2n) is 6.74. The monoisotopic (exact) mass is 455 g/mol. The lowest BCUT2D eigenvalue weighted by Gasteiger charge is -2.21. The zero-order valence-electron chi connectivity index (χ0n) is 16.5. The average molecular weight is 456 g/mol. The molecule has 2 aromatic rings. The largest absolute Gasteiger partial charge is 0.496 e. The van der Waals surface area contributed by atoms with Crippen LogP contribution in [0.3, 0.4) is 0 Å². The van der Waals surface area contributed by atoms with E-state index in [-0.39, 0.29) is 16.9 Å². The molecule has 0 fully saturated rings. The van der Waals surface area contributed by atoms with Crippen molar-refractivity contribution in [1.82, 2.24) is 4.72 Å². The number of benzene rings is 2. The Hall–Kier alpha value is -1.57. The molecule has 0 unspecified atom stereocenters. The van der Waals surface area contributed by atoms with Crippen molar-refractivity contribution >= 4 is 26.0 Å². The minimum atomic E-state index is -3.69. The molecule has 1 atom stereocenters. The molecule has 0 aliphatic heterocycles. The van der Waals surface area contributed by atoms with Gasteiger partial charge in [0.15, 0.2) is 0 Å². The van der Waals surface area contributed by atoms with Gasteiger partial charge in [0.2, 0.25) is 10.0 Å². The summed E-state index contributed by atoms with van der Waals surface area (Å²) in [4.78, 5) is 0.178. The van der Waals surface area contributed by atoms with E-state index in [1.165, 1.54) is 19.2 Å². The average Bonchev–Trinajstić information content (AvgIpc) is 2.60. The molecular formula is C20H26BrNO4S. The maximum absolute atomic E-state index is 12.8. The predicted molar refractivity (Wildman–Crippen MR) is 111 cm³/mol. The van der Waals surface area contributed by atoms with Crippen molar-refractivity contribution in [3.63, 3.8) is 0 Å². The van der Waals surface area contributed by atoms with Gasteiger partial charge in [-0.1, -0.05) is 13.8 Å². The lowest BCUT2D eigenvalue weighted by molar-refractivity contribution is 0.406. The highest BCUT2D eigenvalue weighted by atomic mass is 79.9. The molecule has 0 radical (unpaired) electrons. The SMILES string of the molecule is COc1ccc(S(=O)(=O)N[C@H](C)c2cc(C(C)C)c(OC)cc2C)cc1Br. The van der Waals surface area contributed by atoms with Crippen LogP contribution in [0.1, 0.15) is 49.4 Å². The minimum absolute atomic E-state index is 0.178. The predicted octanol–water partition coefficient (Wildman–Crippen LogP) is 4.94. The Balaban J connectivity index is 2.37. The van der Waals surface area contributed by atoms with Gasteiger partial charge in [0.1, 0.15) is 11.5 Å². The summed E-state index contributed by atoms with van der Waals surface area (Å²) in [5, 5.41) is 0. The Morgan fingerprint density at radius 2 is 1.59 bits per heavy atom. The van der Waals surface area contributed by atoms with E-state index in [9.17, 15) is 8.42 Å². The van der Waals surface area contributed by atoms with Crippen LogP contribution in [-0.4, -0.2) is 22.6 Å². The van der Waals surface area contributed by atoms with Crippen molar-refractivity contribution in [3.05, 3.63) is 51.5 Å². The number of sulfonamides is 1. The van der Waals surface area contributed by atoms with Gasteiger partial charge < -0.3 is 9.47 Å². The molecule has 7 heteroatoms. The molecule has 0 aliphatic carbocycles. The maximum atomic E-state index is 12.8. The third kappa shape index (κ3) is 4.83. The van der Waals surface area contributed by atoms with Crippen LogP contribution in [0.5, 0.6) is 11.5 Å². The molecule has 0 bridgehead atoms. The maximum Gasteiger partial charge on any atom is 0.241 e. The van der Waals surface area contributed by atoms with E-state index >= 15 is 0 Å². The van der Waals surface area contributed by atoms with Crippen molar-refractivity contribution in [2.24, 2.45) is 0 Å². The Labute approximate surface area is 170 Å². The molecule has 2 aromatic carbocycles. The molecule has 27 heavy (non-hydrogen) atoms. The summed E-state index contributed by atoms with van der Waals surface area (Å²) >= 11 is 3.33. The van der Waals surface area contributed by atoms with Crippen LogP contribution < -0.4 is 14.2 Å². The van der Waals surface area contributed by atoms with Crippen molar-refractivity contribution in [2.75, 3.05) is 14.2 Å². The molecule has 0 spiro atoms. The fourth-order valence-corrected chi connectivity index (χ4v) is 4.93. The van der Waals surface area contributed by atoms with Gasteiger partial charge in [-0.05, 0) is 82.7 Å². The van der Waals surface area contributed by atoms with Gasteiger partial charge in [0, 0.05) is 6.04 Å². The molecule has 0 saturated carbocycles. The summed E-state index contributed by atoms with van der Waals surface area (Å²) in [6.45, 7) is 7.97. The van der Waals surface area contributed by atoms with Crippen molar-refractivity contribution < 1.29 is 17.9 Å². The van der Waals surface area contributed by atoms with Crippen LogP contribution in [0.4, 0.5) is 0 Å². The molecule has 0 aliphatic rings. The second kappa shape index (κ2) is 8.63. The summed E-state index contributed by atoms with van der Waals surface area (Å²) in [5.74, 6) is 1.66. The fourth-order valence-electron chi connectivity index (χ4n) is 2.99. The van der Waals surface area contributed by atoms with Crippen molar-refractivity contribution in [1.29, 1.82) is 0 Å². The summed E-state index contributed by atoms with van der Waals surface area (Å²) in [6.07, 6.45) is 0. The number of rotatable bonds is 7. The highest BCUT2D eigenvalue weighted by Gasteiger charge is 2.22. The zero-order chi connectivity index (χ0) is 20.4. The number of hydrogen-bond donors (Lipinski definition) is 1. The van der Waals surface area contributed by atoms with Crippen LogP contribution in [0.15, 0.2) is 39.7 Å². The molecule has 0 amide bonds. The number of hydrogen-bond acceptors (Lipinski definition) is 4. The van der Waals surface area contributed by atoms with Crippen LogP contribution in [0.25, 0.3) is 0 Å². The first-order valence-electron chi connectivity index (χ1n) is 8.65. The van der Waals surface area contributed by atoms with E-state index in [1.54, 1.807) is 13.2 Å². The molecule has 2 rings (SSSR count). The van der Waals surface area contributed by atoms with Crippen LogP contribution in [0.2, 0.25) is 0 Å². The Bertz CT molecular complexity index is 926. The molecule has 0 saturated heterocycles. The molecule has 148 valence electrons. The van der Waals surface area contributed by atoms with Crippen LogP contribution in [0, 0.1) is 6.92 Å². The number of methoxy groups -OCH3 is 2. The van der Waals surface area contributed by atoms with E-state index in [2.05, 4.69) is 34.5 Å². The highest BCUT2D eigenvalue weighted by Crippen LogP contribution is 2.33. The summed E-state index contributed by atoms with van der Waals surface area (Å²) in [7, 11) is -0.506. The number of aryl methyl sites for hydroxylation is 1. The third-order valence-electron chi connectivity index (χ3n) is 4.47. The van der Waals surface area contributed by atoms with Gasteiger partial charge >= 0.3 is 0 Å². The number of ether oxygens (including phenoxy) is 2. The molecule has 0 heterocycles. The smallest absolute Gasteiger partial charge is 0.241 e. The lowest BCUT2D eigenvalue weighted by atomic mass is 9.94. The summed E-state index contributed by atoms with van der Waals surface area (Å²) < 4.78 is 39.6. The Morgan fingerprint density at radius 1 is 0.963 bits per heavy atom. The Morgan fingerprint density at radius 3 is 2.11 bits per heavy atom. The quantitative estimate of drug-likeness (QED) is 0.641. The summed E-state index contributed by atoms with van der Waals surface area (Å²) in [5.41, 5.74) is 2.95. The topological polar surface area (TPSA) is 64.6 Å². The lowest BCUT2D eigenvalue weighted by Crippen LogP contribution is -2.27. The van der Waals surface area contributed by atoms with Gasteiger partial charge in [-0.15, -0.1) is 0 Å². The molecule has 5 nitrogen and oxygen atoms in total. The number of halogens is 1. The normalized spacial score (nSPS) is 12.9. The van der Waals surface area contributed by atoms with Gasteiger partial charge in [-0.2, -0.15) is 0 Å². The first kappa shape index (κ1) is 21.7. The zero-order valence-corrected chi connectivity index (χ0v) is 18.9. The first-order valence-corrected chi connectivity index (χ1v) is 10.9. The van der Waals surface area contributed by atoms with Gasteiger partial charge in [-0.3, -0.25) is 0 Å². The first-order chi connectivity index (χ1) is 12.6. The summed E-state index contributed by atoms with van der Waals surface area (Å²) in [6, 6.07) is 8.28. The van der Waals surface area contributed by atoms with Gasteiger partial charge in [0.25, 0.3) is 0 Å². The van der Waals surface area contributed by atoms with E-state index in [4.69, 9.17) is 9.47 Å². The fraction of sp³-hybridized carbons (Fsp3) is 0.400. The van der Waals surface area contributed by atoms with E-state index in [1.807, 2.05) is 26.0 Å². The van der Waals surface area contributed by atoms with E-state index in [0.717, 1.165) is 22.4 Å². The van der Waals surface area contributed by atoms with Crippen molar-refractivity contribution in [3.8, 4) is 11.5 Å². The van der Waals surface area contributed by atoms with Gasteiger partial charge in [-0.25, -0.2) is 13.1 Å². The molecular weight excluding hydrogens is 430 g/mol. The standard InChI is InChI=1S/C20H26BrNO4S/c1-12(2)16-11-17(13(3)9-20(16)26-6)14(4)22-27(23,24)15-7-8-19(25-5)18(21)10-15/h7-12,14,22H,1-6H3/t14-/m1/s1. The van der Waals surface area contributed by atoms with E-state index < -0.39 is 10.0 Å². The number of nitrogens with one attached hydrogen (secondary N) is 1.